The summed E-state index contributed by atoms with van der Waals surface area (Å²) < 4.78 is 51.2. The summed E-state index contributed by atoms with van der Waals surface area (Å²) in [6, 6.07) is 6.14. The minimum absolute atomic E-state index is 0. The normalized spacial score (nSPS) is 26.4. The van der Waals surface area contributed by atoms with E-state index in [-0.39, 0.29) is 79.8 Å². The summed E-state index contributed by atoms with van der Waals surface area (Å²) in [6.07, 6.45) is 0.199. The van der Waals surface area contributed by atoms with E-state index in [2.05, 4.69) is 34.2 Å². The molecule has 8 unspecified atom stereocenters. The number of aromatic hydroxyl groups is 2. The van der Waals surface area contributed by atoms with Gasteiger partial charge in [-0.25, -0.2) is 19.2 Å². The summed E-state index contributed by atoms with van der Waals surface area (Å²) in [6.45, 7) is 20.9. The van der Waals surface area contributed by atoms with E-state index in [1.165, 1.54) is 46.3 Å². The zero-order valence-corrected chi connectivity index (χ0v) is 41.5. The fraction of sp³-hybridized carbons (Fsp3) is 0.429. The smallest absolute Gasteiger partial charge is 0.506 e. The first kappa shape index (κ1) is 57.9. The van der Waals surface area contributed by atoms with Crippen molar-refractivity contribution in [3.63, 3.8) is 0 Å². The molecule has 24 heteroatoms. The predicted octanol–water partition coefficient (Wildman–Crippen LogP) is 4.26. The van der Waals surface area contributed by atoms with Crippen LogP contribution in [0.5, 0.6) is 23.0 Å². The number of fused-ring (bicyclic) bond motifs is 3. The fourth-order valence-corrected chi connectivity index (χ4v) is 8.29. The molecule has 3 fully saturated rings. The maximum atomic E-state index is 12.6. The maximum absolute atomic E-state index is 12.6. The van der Waals surface area contributed by atoms with E-state index in [1.807, 2.05) is 19.3 Å². The number of oxime groups is 2. The minimum atomic E-state index is -1.44. The Morgan fingerprint density at radius 1 is 0.795 bits per heavy atom. The van der Waals surface area contributed by atoms with Crippen molar-refractivity contribution < 1.29 is 92.4 Å². The van der Waals surface area contributed by atoms with Crippen LogP contribution in [0.2, 0.25) is 0 Å². The van der Waals surface area contributed by atoms with E-state index >= 15 is 0 Å². The number of amides is 1. The molecule has 0 radical (unpaired) electrons. The first-order chi connectivity index (χ1) is 33.6. The molecule has 24 nitrogen and oxygen atoms in total. The number of hydroxylamine groups is 1. The summed E-state index contributed by atoms with van der Waals surface area (Å²) in [5, 5.41) is 40.4. The molecule has 3 saturated heterocycles. The lowest BCUT2D eigenvalue weighted by molar-refractivity contribution is -0.275. The van der Waals surface area contributed by atoms with Crippen molar-refractivity contribution in [2.45, 2.75) is 104 Å². The first-order valence-electron chi connectivity index (χ1n) is 21.9. The highest BCUT2D eigenvalue weighted by molar-refractivity contribution is 6.05. The Hall–Kier alpha value is -7.66. The molecule has 396 valence electrons. The summed E-state index contributed by atoms with van der Waals surface area (Å²) in [7, 11) is 2.64. The van der Waals surface area contributed by atoms with Crippen molar-refractivity contribution in [1.82, 2.24) is 5.48 Å². The van der Waals surface area contributed by atoms with Gasteiger partial charge in [-0.15, -0.1) is 19.6 Å². The number of aliphatic hydroxyl groups is 1. The third kappa shape index (κ3) is 11.2. The molecule has 7 rings (SSSR count). The monoisotopic (exact) mass is 1030 g/mol. The minimum Gasteiger partial charge on any atom is -0.506 e. The van der Waals surface area contributed by atoms with Crippen molar-refractivity contribution in [2.75, 3.05) is 20.8 Å². The van der Waals surface area contributed by atoms with Gasteiger partial charge in [-0.3, -0.25) is 4.84 Å². The molecule has 0 bridgehead atoms. The average molecular weight is 1030 g/mol. The second-order valence-electron chi connectivity index (χ2n) is 17.0. The zero-order valence-electron chi connectivity index (χ0n) is 41.5. The molecule has 10 atom stereocenters. The van der Waals surface area contributed by atoms with Gasteiger partial charge in [0.2, 0.25) is 18.7 Å². The quantitative estimate of drug-likeness (QED) is 0.0276. The number of carbonyl (C=O) groups excluding carboxylic acids is 2. The van der Waals surface area contributed by atoms with Gasteiger partial charge in [-0.05, 0) is 65.8 Å². The third-order valence-corrected chi connectivity index (χ3v) is 12.7. The average Bonchev–Trinajstić information content (AvgIpc) is 3.73. The molecule has 8 N–H and O–H groups in total. The van der Waals surface area contributed by atoms with Crippen molar-refractivity contribution in [3.05, 3.63) is 92.7 Å². The summed E-state index contributed by atoms with van der Waals surface area (Å²) >= 11 is 0. The first-order valence-corrected chi connectivity index (χ1v) is 21.9. The van der Waals surface area contributed by atoms with Gasteiger partial charge in [-0.1, -0.05) is 42.2 Å². The number of nitrogens with one attached hydrogen (secondary N) is 1. The number of rotatable bonds is 13. The van der Waals surface area contributed by atoms with Crippen molar-refractivity contribution in [3.8, 4) is 35.3 Å². The molecule has 2 aromatic heterocycles. The molecule has 0 aliphatic carbocycles. The largest absolute Gasteiger partial charge is 0.509 e. The van der Waals surface area contributed by atoms with Gasteiger partial charge >= 0.3 is 23.5 Å². The number of terminal acetylenes is 1. The van der Waals surface area contributed by atoms with Crippen LogP contribution in [0.15, 0.2) is 78.3 Å². The molecule has 3 aliphatic heterocycles. The molecule has 4 aromatic rings. The van der Waals surface area contributed by atoms with Crippen molar-refractivity contribution in [1.29, 1.82) is 0 Å². The lowest BCUT2D eigenvalue weighted by Crippen LogP contribution is -2.61. The van der Waals surface area contributed by atoms with Crippen LogP contribution in [0.3, 0.4) is 0 Å². The number of nitrogens with zero attached hydrogens (tertiary/aromatic N) is 2. The second-order valence-corrected chi connectivity index (χ2v) is 17.0. The lowest BCUT2D eigenvalue weighted by atomic mass is 9.81. The van der Waals surface area contributed by atoms with Gasteiger partial charge in [0.15, 0.2) is 12.2 Å². The predicted molar refractivity (Wildman–Crippen MR) is 259 cm³/mol. The highest BCUT2D eigenvalue weighted by atomic mass is 16.8. The van der Waals surface area contributed by atoms with Gasteiger partial charge < -0.3 is 77.9 Å². The van der Waals surface area contributed by atoms with Gasteiger partial charge in [0, 0.05) is 23.0 Å². The van der Waals surface area contributed by atoms with Crippen LogP contribution in [0.4, 0.5) is 9.59 Å². The second kappa shape index (κ2) is 23.3. The number of aryl methyl sites for hydroxylation is 2. The van der Waals surface area contributed by atoms with Gasteiger partial charge in [-0.2, -0.15) is 5.48 Å². The fourth-order valence-electron chi connectivity index (χ4n) is 8.29. The molecule has 1 amide bonds. The van der Waals surface area contributed by atoms with Crippen molar-refractivity contribution in [2.24, 2.45) is 22.1 Å². The van der Waals surface area contributed by atoms with E-state index in [0.29, 0.717) is 22.3 Å². The Morgan fingerprint density at radius 3 is 1.71 bits per heavy atom. The number of aliphatic hydroxyl groups excluding tert-OH is 1. The molecular formula is C49H59N3O21. The van der Waals surface area contributed by atoms with Gasteiger partial charge in [0.05, 0.1) is 33.4 Å². The Kier molecular flexibility index (Phi) is 18.5. The Labute approximate surface area is 417 Å². The Morgan fingerprint density at radius 2 is 1.25 bits per heavy atom. The molecule has 73 heavy (non-hydrogen) atoms. The lowest BCUT2D eigenvalue weighted by Gasteiger charge is -2.47. The third-order valence-electron chi connectivity index (χ3n) is 12.7. The van der Waals surface area contributed by atoms with Crippen LogP contribution in [0, 0.1) is 38.0 Å². The summed E-state index contributed by atoms with van der Waals surface area (Å²) in [5.41, 5.74) is -0.442. The van der Waals surface area contributed by atoms with Crippen LogP contribution in [0.25, 0.3) is 21.9 Å². The number of benzene rings is 2. The molecule has 2 aromatic carbocycles. The van der Waals surface area contributed by atoms with Crippen LogP contribution >= 0.6 is 0 Å². The van der Waals surface area contributed by atoms with Gasteiger partial charge in [0.25, 0.3) is 0 Å². The topological polar surface area (TPSA) is 347 Å². The van der Waals surface area contributed by atoms with Crippen LogP contribution in [-0.2, 0) is 38.2 Å². The number of ether oxygens (including phenoxy) is 7. The van der Waals surface area contributed by atoms with E-state index in [1.54, 1.807) is 45.9 Å². The SMILES string of the molecule is C#CCONC(=O)OC1C(O)C(Oc2ccc3c(O)c(/C(C)=N/OC)c(=O)oc3c2C)O[C@@](C)(C=C)C1C.C=C[C@]1(C)OC(Oc2ccc3c(O)c(/C(C)=N/OC)c(=O)oc3c2C)C2OC(=O)OC2C1C.O.O. The van der Waals surface area contributed by atoms with Gasteiger partial charge in [0.1, 0.15) is 72.2 Å². The summed E-state index contributed by atoms with van der Waals surface area (Å²) in [4.78, 5) is 63.4. The highest BCUT2D eigenvalue weighted by Gasteiger charge is 2.57. The van der Waals surface area contributed by atoms with Crippen LogP contribution in [-0.4, -0.2) is 119 Å². The van der Waals surface area contributed by atoms with E-state index in [0.717, 1.165) is 0 Å². The molecule has 5 heterocycles. The number of hydrogen-bond donors (Lipinski definition) is 4. The Bertz CT molecular complexity index is 2960. The molecule has 0 saturated carbocycles. The van der Waals surface area contributed by atoms with Crippen molar-refractivity contribution >= 4 is 45.6 Å². The summed E-state index contributed by atoms with van der Waals surface area (Å²) in [5.74, 6) is 1.29. The van der Waals surface area contributed by atoms with E-state index < -0.39 is 77.6 Å². The Balaban J connectivity index is 0.000000311. The van der Waals surface area contributed by atoms with E-state index in [9.17, 15) is 34.5 Å². The van der Waals surface area contributed by atoms with Crippen LogP contribution < -0.4 is 26.2 Å². The number of hydrogen-bond acceptors (Lipinski definition) is 21. The molecule has 3 aliphatic rings. The standard InChI is InChI=1S/C26H30N2O10.C23H25NO9.2H2O/c1-8-12-34-28-25(32)37-22-14(4)26(6,9-2)38-24(20(22)30)35-17-11-10-16-19(29)18(15(5)27-33-7)23(31)36-21(16)13(17)3;1-7-23(5)11(3)18-19(32-22(27)31-18)21(33-23)29-14-9-8-13-16(25)15(12(4)24-28-6)20(26)30-17(13)10(14)2;;/h1,9-11,14,20,22,24,29-30H,2,12H2,3-7H3,(H,28,32);7-9,11,18-19,21,25H,1H2,2-6H3;2*1H2/b27-15+;24-12+;;/t14?,20?,22?,24?,26-;11?,18?,19?,21?,23-;;/m00../s1. The molecular weight excluding hydrogens is 967 g/mol. The van der Waals surface area contributed by atoms with E-state index in [4.69, 9.17) is 58.1 Å². The zero-order chi connectivity index (χ0) is 52.3. The highest BCUT2D eigenvalue weighted by Crippen LogP contribution is 2.44. The molecule has 0 spiro atoms. The maximum Gasteiger partial charge on any atom is 0.509 e. The van der Waals surface area contributed by atoms with Crippen LogP contribution in [0.1, 0.15) is 63.8 Å². The number of carbonyl (C=O) groups is 2.